The molecule has 2 atom stereocenters. The summed E-state index contributed by atoms with van der Waals surface area (Å²) >= 11 is 0. The summed E-state index contributed by atoms with van der Waals surface area (Å²) in [5.41, 5.74) is 0. The first-order valence-electron chi connectivity index (χ1n) is 6.82. The maximum atomic E-state index is 11.9. The fourth-order valence-corrected chi connectivity index (χ4v) is 2.00. The van der Waals surface area contributed by atoms with Crippen LogP contribution in [0, 0.1) is 5.92 Å². The van der Waals surface area contributed by atoms with Crippen LogP contribution >= 0.6 is 0 Å². The zero-order chi connectivity index (χ0) is 13.3. The molecule has 4 nitrogen and oxygen atoms in total. The summed E-state index contributed by atoms with van der Waals surface area (Å²) < 4.78 is 0. The summed E-state index contributed by atoms with van der Waals surface area (Å²) in [7, 11) is 0. The predicted octanol–water partition coefficient (Wildman–Crippen LogP) is 1.59. The summed E-state index contributed by atoms with van der Waals surface area (Å²) in [5, 5.41) is 13.1. The third-order valence-electron chi connectivity index (χ3n) is 3.10. The second kappa shape index (κ2) is 9.42. The molecule has 0 heterocycles. The van der Waals surface area contributed by atoms with E-state index in [9.17, 15) is 9.90 Å². The van der Waals surface area contributed by atoms with Gasteiger partial charge >= 0.3 is 0 Å². The maximum absolute atomic E-state index is 11.9. The van der Waals surface area contributed by atoms with E-state index in [0.717, 1.165) is 32.4 Å². The number of aliphatic hydroxyl groups excluding tert-OH is 1. The topological polar surface area (TPSA) is 52.6 Å². The van der Waals surface area contributed by atoms with Gasteiger partial charge < -0.3 is 10.4 Å². The lowest BCUT2D eigenvalue weighted by Gasteiger charge is -2.31. The van der Waals surface area contributed by atoms with Crippen molar-refractivity contribution in [2.75, 3.05) is 19.6 Å². The van der Waals surface area contributed by atoms with Crippen molar-refractivity contribution < 1.29 is 9.90 Å². The highest BCUT2D eigenvalue weighted by Crippen LogP contribution is 2.16. The summed E-state index contributed by atoms with van der Waals surface area (Å²) in [5.74, 6) is -0.338. The average Bonchev–Trinajstić information content (AvgIpc) is 2.31. The molecule has 0 fully saturated rings. The lowest BCUT2D eigenvalue weighted by molar-refractivity contribution is -0.135. The molecule has 0 aromatic rings. The molecule has 0 aliphatic heterocycles. The van der Waals surface area contributed by atoms with Gasteiger partial charge in [-0.1, -0.05) is 33.6 Å². The normalized spacial score (nSPS) is 14.7. The van der Waals surface area contributed by atoms with Crippen LogP contribution in [0.4, 0.5) is 0 Å². The molecule has 0 aliphatic rings. The van der Waals surface area contributed by atoms with E-state index < -0.39 is 6.23 Å². The zero-order valence-electron chi connectivity index (χ0n) is 11.7. The largest absolute Gasteiger partial charge is 0.378 e. The highest BCUT2D eigenvalue weighted by Gasteiger charge is 2.29. The van der Waals surface area contributed by atoms with Crippen molar-refractivity contribution in [3.05, 3.63) is 0 Å². The van der Waals surface area contributed by atoms with Gasteiger partial charge in [0.2, 0.25) is 5.91 Å². The van der Waals surface area contributed by atoms with Crippen molar-refractivity contribution in [1.29, 1.82) is 0 Å². The second-order valence-corrected chi connectivity index (χ2v) is 4.28. The van der Waals surface area contributed by atoms with Gasteiger partial charge in [-0.05, 0) is 26.4 Å². The third kappa shape index (κ3) is 5.50. The number of nitrogens with zero attached hydrogens (tertiary/aromatic N) is 1. The van der Waals surface area contributed by atoms with Crippen LogP contribution in [0.15, 0.2) is 0 Å². The summed E-state index contributed by atoms with van der Waals surface area (Å²) in [6.07, 6.45) is 2.10. The molecule has 102 valence electrons. The molecule has 17 heavy (non-hydrogen) atoms. The molecule has 0 aromatic carbocycles. The Morgan fingerprint density at radius 2 is 1.82 bits per heavy atom. The van der Waals surface area contributed by atoms with Gasteiger partial charge in [0.05, 0.1) is 5.92 Å². The van der Waals surface area contributed by atoms with E-state index in [2.05, 4.69) is 12.2 Å². The van der Waals surface area contributed by atoms with Gasteiger partial charge in [-0.25, -0.2) is 0 Å². The lowest BCUT2D eigenvalue weighted by Crippen LogP contribution is -2.47. The SMILES string of the molecule is CCCCC(C(=O)NCC)C(O)N(CC)CC. The molecule has 0 rings (SSSR count). The first kappa shape index (κ1) is 16.4. The number of carbonyl (C=O) groups is 1. The van der Waals surface area contributed by atoms with Crippen LogP contribution in [0.5, 0.6) is 0 Å². The van der Waals surface area contributed by atoms with Gasteiger partial charge in [0, 0.05) is 6.54 Å². The Morgan fingerprint density at radius 3 is 2.24 bits per heavy atom. The van der Waals surface area contributed by atoms with Gasteiger partial charge in [0.1, 0.15) is 6.23 Å². The molecule has 0 radical (unpaired) electrons. The van der Waals surface area contributed by atoms with E-state index in [-0.39, 0.29) is 11.8 Å². The van der Waals surface area contributed by atoms with Crippen molar-refractivity contribution in [3.63, 3.8) is 0 Å². The smallest absolute Gasteiger partial charge is 0.227 e. The first-order valence-corrected chi connectivity index (χ1v) is 6.82. The van der Waals surface area contributed by atoms with Gasteiger partial charge in [-0.2, -0.15) is 0 Å². The van der Waals surface area contributed by atoms with Gasteiger partial charge in [-0.3, -0.25) is 9.69 Å². The number of carbonyl (C=O) groups excluding carboxylic acids is 1. The molecular weight excluding hydrogens is 216 g/mol. The first-order chi connectivity index (χ1) is 8.12. The van der Waals surface area contributed by atoms with Crippen molar-refractivity contribution in [1.82, 2.24) is 10.2 Å². The van der Waals surface area contributed by atoms with Crippen LogP contribution in [0.1, 0.15) is 47.0 Å². The second-order valence-electron chi connectivity index (χ2n) is 4.28. The minimum Gasteiger partial charge on any atom is -0.378 e. The van der Waals surface area contributed by atoms with Crippen LogP contribution in [0.25, 0.3) is 0 Å². The highest BCUT2D eigenvalue weighted by molar-refractivity contribution is 5.79. The van der Waals surface area contributed by atoms with Gasteiger partial charge in [-0.15, -0.1) is 0 Å². The lowest BCUT2D eigenvalue weighted by atomic mass is 9.98. The van der Waals surface area contributed by atoms with E-state index in [1.54, 1.807) is 0 Å². The number of amides is 1. The summed E-state index contributed by atoms with van der Waals surface area (Å²) in [6, 6.07) is 0. The highest BCUT2D eigenvalue weighted by atomic mass is 16.3. The molecule has 2 unspecified atom stereocenters. The minimum absolute atomic E-state index is 0.0275. The van der Waals surface area contributed by atoms with E-state index in [1.807, 2.05) is 25.7 Å². The van der Waals surface area contributed by atoms with Crippen molar-refractivity contribution in [2.45, 2.75) is 53.2 Å². The molecule has 0 aliphatic carbocycles. The molecule has 0 aromatic heterocycles. The standard InChI is InChI=1S/C13H28N2O2/c1-5-9-10-11(12(16)14-6-2)13(17)15(7-3)8-4/h11,13,17H,5-10H2,1-4H3,(H,14,16). The van der Waals surface area contributed by atoms with Crippen molar-refractivity contribution >= 4 is 5.91 Å². The van der Waals surface area contributed by atoms with Crippen molar-refractivity contribution in [3.8, 4) is 0 Å². The Hall–Kier alpha value is -0.610. The molecular formula is C13H28N2O2. The van der Waals surface area contributed by atoms with E-state index in [0.29, 0.717) is 6.54 Å². The molecule has 2 N–H and O–H groups in total. The molecule has 0 spiro atoms. The van der Waals surface area contributed by atoms with Crippen LogP contribution in [-0.2, 0) is 4.79 Å². The van der Waals surface area contributed by atoms with Crippen LogP contribution < -0.4 is 5.32 Å². The number of hydrogen-bond acceptors (Lipinski definition) is 3. The number of aliphatic hydroxyl groups is 1. The van der Waals surface area contributed by atoms with E-state index in [4.69, 9.17) is 0 Å². The Bertz CT molecular complexity index is 206. The molecule has 4 heteroatoms. The predicted molar refractivity (Wildman–Crippen MR) is 70.6 cm³/mol. The average molecular weight is 244 g/mol. The monoisotopic (exact) mass is 244 g/mol. The summed E-state index contributed by atoms with van der Waals surface area (Å²) in [6.45, 7) is 10.1. The third-order valence-corrected chi connectivity index (χ3v) is 3.10. The Balaban J connectivity index is 4.58. The number of unbranched alkanes of at least 4 members (excludes halogenated alkanes) is 1. The van der Waals surface area contributed by atoms with Gasteiger partial charge in [0.25, 0.3) is 0 Å². The molecule has 0 saturated heterocycles. The molecule has 1 amide bonds. The van der Waals surface area contributed by atoms with E-state index in [1.165, 1.54) is 0 Å². The Kier molecular flexibility index (Phi) is 9.09. The fraction of sp³-hybridized carbons (Fsp3) is 0.923. The number of hydrogen-bond donors (Lipinski definition) is 2. The maximum Gasteiger partial charge on any atom is 0.227 e. The zero-order valence-corrected chi connectivity index (χ0v) is 11.7. The number of nitrogens with one attached hydrogen (secondary N) is 1. The van der Waals surface area contributed by atoms with E-state index >= 15 is 0 Å². The van der Waals surface area contributed by atoms with Gasteiger partial charge in [0.15, 0.2) is 0 Å². The molecule has 0 saturated carbocycles. The Labute approximate surface area is 105 Å². The molecule has 0 bridgehead atoms. The van der Waals surface area contributed by atoms with Crippen molar-refractivity contribution in [2.24, 2.45) is 5.92 Å². The van der Waals surface area contributed by atoms with Crippen LogP contribution in [0.3, 0.4) is 0 Å². The fourth-order valence-electron chi connectivity index (χ4n) is 2.00. The van der Waals surface area contributed by atoms with Crippen LogP contribution in [0.2, 0.25) is 0 Å². The Morgan fingerprint density at radius 1 is 1.24 bits per heavy atom. The number of rotatable bonds is 9. The summed E-state index contributed by atoms with van der Waals surface area (Å²) in [4.78, 5) is 13.9. The minimum atomic E-state index is -0.664. The van der Waals surface area contributed by atoms with Crippen LogP contribution in [-0.4, -0.2) is 41.8 Å². The quantitative estimate of drug-likeness (QED) is 0.606.